The van der Waals surface area contributed by atoms with Crippen LogP contribution in [-0.2, 0) is 4.79 Å². The van der Waals surface area contributed by atoms with E-state index in [-0.39, 0.29) is 17.8 Å². The van der Waals surface area contributed by atoms with Crippen molar-refractivity contribution in [1.82, 2.24) is 0 Å². The summed E-state index contributed by atoms with van der Waals surface area (Å²) in [6.07, 6.45) is 5.21. The van der Waals surface area contributed by atoms with Gasteiger partial charge in [-0.1, -0.05) is 5.92 Å². The highest BCUT2D eigenvalue weighted by Gasteiger charge is 2.30. The predicted octanol–water partition coefficient (Wildman–Crippen LogP) is 1.42. The Hall–Kier alpha value is -2.35. The number of halogens is 1. The van der Waals surface area contributed by atoms with Crippen LogP contribution in [0.25, 0.3) is 0 Å². The molecule has 1 N–H and O–H groups in total. The molecule has 0 aliphatic carbocycles. The number of rotatable bonds is 3. The molecule has 1 aromatic carbocycles. The molecule has 1 aliphatic rings. The second kappa shape index (κ2) is 4.49. The molecule has 1 heterocycles. The van der Waals surface area contributed by atoms with E-state index in [0.717, 1.165) is 6.07 Å². The van der Waals surface area contributed by atoms with Crippen LogP contribution in [0, 0.1) is 18.2 Å². The van der Waals surface area contributed by atoms with Crippen molar-refractivity contribution in [2.75, 3.05) is 23.3 Å². The molecule has 0 saturated carbocycles. The highest BCUT2D eigenvalue weighted by atomic mass is 19.1. The Balaban J connectivity index is 2.47. The van der Waals surface area contributed by atoms with E-state index in [2.05, 4.69) is 11.2 Å². The molecular weight excluding hydrogens is 235 g/mol. The number of hydrogen-bond donors (Lipinski definition) is 1. The Morgan fingerprint density at radius 1 is 1.44 bits per heavy atom. The van der Waals surface area contributed by atoms with Crippen molar-refractivity contribution in [1.29, 1.82) is 0 Å². The van der Waals surface area contributed by atoms with E-state index < -0.39 is 17.5 Å². The van der Waals surface area contributed by atoms with Crippen molar-refractivity contribution in [2.24, 2.45) is 0 Å². The number of terminal acetylenes is 1. The van der Waals surface area contributed by atoms with E-state index in [1.165, 1.54) is 6.07 Å². The van der Waals surface area contributed by atoms with Crippen molar-refractivity contribution < 1.29 is 14.0 Å². The third-order valence-corrected chi connectivity index (χ3v) is 2.79. The number of Topliss-reactive ketones (excluding diaryl/α,β-unsaturated/α-hetero) is 1. The van der Waals surface area contributed by atoms with Gasteiger partial charge in [0.15, 0.2) is 0 Å². The molecule has 0 bridgehead atoms. The van der Waals surface area contributed by atoms with Crippen LogP contribution in [0.1, 0.15) is 17.3 Å². The topological polar surface area (TPSA) is 49.4 Å². The highest BCUT2D eigenvalue weighted by molar-refractivity contribution is 6.51. The summed E-state index contributed by atoms with van der Waals surface area (Å²) in [6, 6.07) is 2.51. The minimum atomic E-state index is -0.735. The largest absolute Gasteiger partial charge is 0.358 e. The fourth-order valence-electron chi connectivity index (χ4n) is 1.87. The number of carbonyl (C=O) groups excluding carboxylic acids is 2. The number of carbonyl (C=O) groups is 2. The van der Waals surface area contributed by atoms with E-state index in [4.69, 9.17) is 6.42 Å². The van der Waals surface area contributed by atoms with Gasteiger partial charge in [0.1, 0.15) is 5.82 Å². The second-order valence-electron chi connectivity index (χ2n) is 3.85. The average Bonchev–Trinajstić information content (AvgIpc) is 2.62. The Bertz CT molecular complexity index is 575. The second-order valence-corrected chi connectivity index (χ2v) is 3.85. The molecule has 0 fully saturated rings. The quantitative estimate of drug-likeness (QED) is 0.648. The number of ketones is 1. The van der Waals surface area contributed by atoms with Gasteiger partial charge in [0, 0.05) is 6.54 Å². The molecule has 2 rings (SSSR count). The van der Waals surface area contributed by atoms with Gasteiger partial charge in [-0.3, -0.25) is 9.59 Å². The molecule has 5 heteroatoms. The van der Waals surface area contributed by atoms with Gasteiger partial charge in [-0.25, -0.2) is 4.39 Å². The summed E-state index contributed by atoms with van der Waals surface area (Å²) in [4.78, 5) is 24.2. The Labute approximate surface area is 104 Å². The van der Waals surface area contributed by atoms with Gasteiger partial charge < -0.3 is 10.2 Å². The standard InChI is InChI=1S/C13H11FN2O2/c1-3-5-16(4-2)11-7-10-8(6-9(11)14)12(17)13(18)15-10/h1,6-7H,4-5H2,2H3,(H,15,17,18). The van der Waals surface area contributed by atoms with Gasteiger partial charge in [0.25, 0.3) is 11.7 Å². The Morgan fingerprint density at radius 3 is 2.78 bits per heavy atom. The molecule has 0 unspecified atom stereocenters. The summed E-state index contributed by atoms with van der Waals surface area (Å²) >= 11 is 0. The zero-order chi connectivity index (χ0) is 13.3. The lowest BCUT2D eigenvalue weighted by Crippen LogP contribution is -2.24. The van der Waals surface area contributed by atoms with Crippen molar-refractivity contribution in [3.8, 4) is 12.3 Å². The van der Waals surface area contributed by atoms with Gasteiger partial charge >= 0.3 is 0 Å². The lowest BCUT2D eigenvalue weighted by atomic mass is 10.1. The summed E-state index contributed by atoms with van der Waals surface area (Å²) in [5.74, 6) is 0.428. The number of anilines is 2. The molecule has 1 amide bonds. The number of amides is 1. The average molecular weight is 246 g/mol. The molecule has 0 aromatic heterocycles. The van der Waals surface area contributed by atoms with Crippen molar-refractivity contribution in [3.63, 3.8) is 0 Å². The van der Waals surface area contributed by atoms with Gasteiger partial charge in [-0.15, -0.1) is 6.42 Å². The molecular formula is C13H11FN2O2. The maximum absolute atomic E-state index is 13.9. The first-order chi connectivity index (χ1) is 8.58. The lowest BCUT2D eigenvalue weighted by molar-refractivity contribution is -0.112. The monoisotopic (exact) mass is 246 g/mol. The maximum Gasteiger partial charge on any atom is 0.296 e. The van der Waals surface area contributed by atoms with E-state index in [0.29, 0.717) is 12.2 Å². The van der Waals surface area contributed by atoms with Gasteiger partial charge in [-0.05, 0) is 19.1 Å². The van der Waals surface area contributed by atoms with Crippen LogP contribution in [-0.4, -0.2) is 24.8 Å². The molecule has 0 spiro atoms. The molecule has 18 heavy (non-hydrogen) atoms. The van der Waals surface area contributed by atoms with Gasteiger partial charge in [0.05, 0.1) is 23.5 Å². The summed E-state index contributed by atoms with van der Waals surface area (Å²) in [5.41, 5.74) is 0.680. The minimum absolute atomic E-state index is 0.0676. The third-order valence-electron chi connectivity index (χ3n) is 2.79. The summed E-state index contributed by atoms with van der Waals surface area (Å²) in [5, 5.41) is 2.40. The van der Waals surface area contributed by atoms with E-state index >= 15 is 0 Å². The fraction of sp³-hybridized carbons (Fsp3) is 0.231. The van der Waals surface area contributed by atoms with E-state index in [1.807, 2.05) is 6.92 Å². The normalized spacial score (nSPS) is 12.9. The van der Waals surface area contributed by atoms with E-state index in [1.54, 1.807) is 4.90 Å². The number of nitrogens with one attached hydrogen (secondary N) is 1. The van der Waals surface area contributed by atoms with Crippen LogP contribution < -0.4 is 10.2 Å². The fourth-order valence-corrected chi connectivity index (χ4v) is 1.87. The minimum Gasteiger partial charge on any atom is -0.358 e. The highest BCUT2D eigenvalue weighted by Crippen LogP contribution is 2.30. The predicted molar refractivity (Wildman–Crippen MR) is 66.1 cm³/mol. The lowest BCUT2D eigenvalue weighted by Gasteiger charge is -2.21. The molecule has 1 aromatic rings. The van der Waals surface area contributed by atoms with Crippen LogP contribution in [0.3, 0.4) is 0 Å². The number of hydrogen-bond acceptors (Lipinski definition) is 3. The van der Waals surface area contributed by atoms with Crippen LogP contribution in [0.15, 0.2) is 12.1 Å². The molecule has 4 nitrogen and oxygen atoms in total. The van der Waals surface area contributed by atoms with Crippen LogP contribution in [0.5, 0.6) is 0 Å². The van der Waals surface area contributed by atoms with Crippen molar-refractivity contribution >= 4 is 23.1 Å². The number of benzene rings is 1. The molecule has 0 radical (unpaired) electrons. The zero-order valence-electron chi connectivity index (χ0n) is 9.79. The molecule has 92 valence electrons. The molecule has 0 atom stereocenters. The van der Waals surface area contributed by atoms with Crippen molar-refractivity contribution in [3.05, 3.63) is 23.5 Å². The summed E-state index contributed by atoms with van der Waals surface area (Å²) < 4.78 is 13.9. The van der Waals surface area contributed by atoms with E-state index in [9.17, 15) is 14.0 Å². The summed E-state index contributed by atoms with van der Waals surface area (Å²) in [6.45, 7) is 2.63. The van der Waals surface area contributed by atoms with Crippen LogP contribution >= 0.6 is 0 Å². The van der Waals surface area contributed by atoms with Crippen LogP contribution in [0.4, 0.5) is 15.8 Å². The SMILES string of the molecule is C#CCN(CC)c1cc2c(cc1F)C(=O)C(=O)N2. The number of nitrogens with zero attached hydrogens (tertiary/aromatic N) is 1. The molecule has 0 saturated heterocycles. The van der Waals surface area contributed by atoms with Crippen molar-refractivity contribution in [2.45, 2.75) is 6.92 Å². The first-order valence-corrected chi connectivity index (χ1v) is 5.46. The maximum atomic E-state index is 13.9. The van der Waals surface area contributed by atoms with Gasteiger partial charge in [-0.2, -0.15) is 0 Å². The smallest absolute Gasteiger partial charge is 0.296 e. The van der Waals surface area contributed by atoms with Gasteiger partial charge in [0.2, 0.25) is 0 Å². The zero-order valence-corrected chi connectivity index (χ0v) is 9.79. The third kappa shape index (κ3) is 1.82. The Morgan fingerprint density at radius 2 is 2.17 bits per heavy atom. The Kier molecular flexibility index (Phi) is 3.02. The first kappa shape index (κ1) is 12.1. The number of fused-ring (bicyclic) bond motifs is 1. The first-order valence-electron chi connectivity index (χ1n) is 5.46. The summed E-state index contributed by atoms with van der Waals surface area (Å²) in [7, 11) is 0. The van der Waals surface area contributed by atoms with Crippen LogP contribution in [0.2, 0.25) is 0 Å². The molecule has 1 aliphatic heterocycles.